The Hall–Kier alpha value is -0.610. The van der Waals surface area contributed by atoms with Gasteiger partial charge in [-0.15, -0.1) is 0 Å². The molecule has 0 aromatic carbocycles. The second-order valence-corrected chi connectivity index (χ2v) is 3.90. The topological polar surface area (TPSA) is 50.4 Å². The van der Waals surface area contributed by atoms with Crippen molar-refractivity contribution in [3.8, 4) is 0 Å². The van der Waals surface area contributed by atoms with Crippen LogP contribution in [0.15, 0.2) is 0 Å². The molecule has 1 fully saturated rings. The highest BCUT2D eigenvalue weighted by Gasteiger charge is 2.21. The van der Waals surface area contributed by atoms with E-state index in [1.165, 1.54) is 0 Å². The van der Waals surface area contributed by atoms with Gasteiger partial charge in [0.2, 0.25) is 5.91 Å². The molecule has 4 nitrogen and oxygen atoms in total. The number of carbonyl (C=O) groups is 1. The van der Waals surface area contributed by atoms with E-state index in [1.54, 1.807) is 0 Å². The number of hydrogen-bond acceptors (Lipinski definition) is 3. The predicted octanol–water partition coefficient (Wildman–Crippen LogP) is 0.137. The Morgan fingerprint density at radius 3 is 3.00 bits per heavy atom. The summed E-state index contributed by atoms with van der Waals surface area (Å²) in [5, 5.41) is 6.05. The number of amides is 1. The van der Waals surface area contributed by atoms with Gasteiger partial charge in [-0.05, 0) is 26.8 Å². The van der Waals surface area contributed by atoms with E-state index in [0.29, 0.717) is 13.2 Å². The number of ether oxygens (including phenoxy) is 1. The Labute approximate surface area is 85.4 Å². The highest BCUT2D eigenvalue weighted by molar-refractivity contribution is 5.79. The fourth-order valence-corrected chi connectivity index (χ4v) is 1.49. The van der Waals surface area contributed by atoms with Gasteiger partial charge in [-0.25, -0.2) is 0 Å². The zero-order valence-corrected chi connectivity index (χ0v) is 9.01. The van der Waals surface area contributed by atoms with Crippen LogP contribution >= 0.6 is 0 Å². The maximum Gasteiger partial charge on any atom is 0.224 e. The fraction of sp³-hybridized carbons (Fsp3) is 0.900. The molecule has 1 unspecified atom stereocenters. The zero-order chi connectivity index (χ0) is 10.4. The van der Waals surface area contributed by atoms with Crippen LogP contribution in [0.4, 0.5) is 0 Å². The van der Waals surface area contributed by atoms with Gasteiger partial charge in [0, 0.05) is 13.1 Å². The van der Waals surface area contributed by atoms with Crippen LogP contribution in [0, 0.1) is 5.92 Å². The first-order chi connectivity index (χ1) is 6.70. The summed E-state index contributed by atoms with van der Waals surface area (Å²) in [4.78, 5) is 11.5. The van der Waals surface area contributed by atoms with E-state index >= 15 is 0 Å². The first-order valence-electron chi connectivity index (χ1n) is 5.30. The van der Waals surface area contributed by atoms with Crippen molar-refractivity contribution >= 4 is 5.91 Å². The Balaban J connectivity index is 2.03. The summed E-state index contributed by atoms with van der Waals surface area (Å²) in [5.74, 6) is 0.316. The van der Waals surface area contributed by atoms with Gasteiger partial charge in [-0.3, -0.25) is 4.79 Å². The lowest BCUT2D eigenvalue weighted by atomic mass is 10.1. The van der Waals surface area contributed by atoms with Crippen molar-refractivity contribution in [3.63, 3.8) is 0 Å². The maximum atomic E-state index is 11.5. The van der Waals surface area contributed by atoms with Crippen molar-refractivity contribution in [3.05, 3.63) is 0 Å². The van der Waals surface area contributed by atoms with Gasteiger partial charge in [0.05, 0.1) is 18.6 Å². The highest BCUT2D eigenvalue weighted by Crippen LogP contribution is 2.06. The predicted molar refractivity (Wildman–Crippen MR) is 55.1 cm³/mol. The second kappa shape index (κ2) is 5.98. The van der Waals surface area contributed by atoms with Crippen molar-refractivity contribution in [2.75, 3.05) is 26.2 Å². The Morgan fingerprint density at radius 2 is 2.43 bits per heavy atom. The summed E-state index contributed by atoms with van der Waals surface area (Å²) >= 11 is 0. The van der Waals surface area contributed by atoms with Gasteiger partial charge < -0.3 is 15.4 Å². The fourth-order valence-electron chi connectivity index (χ4n) is 1.49. The molecule has 0 bridgehead atoms. The Morgan fingerprint density at radius 1 is 1.64 bits per heavy atom. The first-order valence-corrected chi connectivity index (χ1v) is 5.30. The Kier molecular flexibility index (Phi) is 4.90. The summed E-state index contributed by atoms with van der Waals surface area (Å²) in [5.41, 5.74) is 0. The molecule has 0 aliphatic carbocycles. The SMILES string of the molecule is CC(C)OCCNC(=O)C1CCNC1. The van der Waals surface area contributed by atoms with E-state index in [4.69, 9.17) is 4.74 Å². The summed E-state index contributed by atoms with van der Waals surface area (Å²) in [6.45, 7) is 6.97. The van der Waals surface area contributed by atoms with Gasteiger partial charge in [-0.2, -0.15) is 0 Å². The molecule has 1 amide bonds. The van der Waals surface area contributed by atoms with Crippen molar-refractivity contribution in [2.24, 2.45) is 5.92 Å². The lowest BCUT2D eigenvalue weighted by molar-refractivity contribution is -0.124. The monoisotopic (exact) mass is 200 g/mol. The molecule has 1 heterocycles. The third-order valence-corrected chi connectivity index (χ3v) is 2.28. The van der Waals surface area contributed by atoms with Gasteiger partial charge >= 0.3 is 0 Å². The number of carbonyl (C=O) groups excluding carboxylic acids is 1. The molecule has 0 spiro atoms. The van der Waals surface area contributed by atoms with Crippen LogP contribution in [-0.4, -0.2) is 38.3 Å². The second-order valence-electron chi connectivity index (χ2n) is 3.90. The highest BCUT2D eigenvalue weighted by atomic mass is 16.5. The summed E-state index contributed by atoms with van der Waals surface area (Å²) in [6.07, 6.45) is 1.19. The van der Waals surface area contributed by atoms with Gasteiger partial charge in [0.1, 0.15) is 0 Å². The lowest BCUT2D eigenvalue weighted by Gasteiger charge is -2.11. The van der Waals surface area contributed by atoms with Crippen LogP contribution in [0.3, 0.4) is 0 Å². The molecule has 4 heteroatoms. The molecule has 1 atom stereocenters. The number of hydrogen-bond donors (Lipinski definition) is 2. The molecule has 1 saturated heterocycles. The zero-order valence-electron chi connectivity index (χ0n) is 9.01. The summed E-state index contributed by atoms with van der Waals surface area (Å²) in [7, 11) is 0. The maximum absolute atomic E-state index is 11.5. The van der Waals surface area contributed by atoms with Crippen LogP contribution in [0.1, 0.15) is 20.3 Å². The number of nitrogens with one attached hydrogen (secondary N) is 2. The van der Waals surface area contributed by atoms with E-state index in [0.717, 1.165) is 19.5 Å². The average molecular weight is 200 g/mol. The molecule has 0 radical (unpaired) electrons. The van der Waals surface area contributed by atoms with Crippen LogP contribution < -0.4 is 10.6 Å². The van der Waals surface area contributed by atoms with E-state index in [1.807, 2.05) is 13.8 Å². The van der Waals surface area contributed by atoms with Crippen LogP contribution in [-0.2, 0) is 9.53 Å². The minimum Gasteiger partial charge on any atom is -0.377 e. The van der Waals surface area contributed by atoms with Gasteiger partial charge in [-0.1, -0.05) is 0 Å². The van der Waals surface area contributed by atoms with E-state index in [9.17, 15) is 4.79 Å². The Bertz CT molecular complexity index is 177. The third kappa shape index (κ3) is 4.07. The molecule has 0 aromatic rings. The van der Waals surface area contributed by atoms with Gasteiger partial charge in [0.15, 0.2) is 0 Å². The molecular weight excluding hydrogens is 180 g/mol. The molecule has 1 aliphatic rings. The quantitative estimate of drug-likeness (QED) is 0.621. The molecular formula is C10H20N2O2. The standard InChI is InChI=1S/C10H20N2O2/c1-8(2)14-6-5-12-10(13)9-3-4-11-7-9/h8-9,11H,3-7H2,1-2H3,(H,12,13). The lowest BCUT2D eigenvalue weighted by Crippen LogP contribution is -2.34. The van der Waals surface area contributed by atoms with Crippen molar-refractivity contribution in [1.82, 2.24) is 10.6 Å². The number of rotatable bonds is 5. The molecule has 1 rings (SSSR count). The summed E-state index contributed by atoms with van der Waals surface area (Å²) < 4.78 is 5.32. The minimum atomic E-state index is 0.155. The average Bonchev–Trinajstić information content (AvgIpc) is 2.64. The molecule has 0 aromatic heterocycles. The van der Waals surface area contributed by atoms with Crippen molar-refractivity contribution in [2.45, 2.75) is 26.4 Å². The van der Waals surface area contributed by atoms with Crippen LogP contribution in [0.5, 0.6) is 0 Å². The molecule has 2 N–H and O–H groups in total. The molecule has 0 saturated carbocycles. The summed E-state index contributed by atoms with van der Waals surface area (Å²) in [6, 6.07) is 0. The van der Waals surface area contributed by atoms with E-state index < -0.39 is 0 Å². The normalized spacial score (nSPS) is 21.5. The van der Waals surface area contributed by atoms with Crippen LogP contribution in [0.25, 0.3) is 0 Å². The first kappa shape index (κ1) is 11.5. The van der Waals surface area contributed by atoms with E-state index in [-0.39, 0.29) is 17.9 Å². The third-order valence-electron chi connectivity index (χ3n) is 2.28. The van der Waals surface area contributed by atoms with Gasteiger partial charge in [0.25, 0.3) is 0 Å². The van der Waals surface area contributed by atoms with Crippen molar-refractivity contribution in [1.29, 1.82) is 0 Å². The molecule has 1 aliphatic heterocycles. The minimum absolute atomic E-state index is 0.155. The largest absolute Gasteiger partial charge is 0.377 e. The molecule has 82 valence electrons. The van der Waals surface area contributed by atoms with E-state index in [2.05, 4.69) is 10.6 Å². The van der Waals surface area contributed by atoms with Crippen LogP contribution in [0.2, 0.25) is 0 Å². The van der Waals surface area contributed by atoms with Crippen molar-refractivity contribution < 1.29 is 9.53 Å². The molecule has 14 heavy (non-hydrogen) atoms. The smallest absolute Gasteiger partial charge is 0.224 e.